The second kappa shape index (κ2) is 3.35. The van der Waals surface area contributed by atoms with Gasteiger partial charge in [-0.25, -0.2) is 9.37 Å². The second-order valence-corrected chi connectivity index (χ2v) is 3.27. The Morgan fingerprint density at radius 1 is 1.43 bits per heavy atom. The van der Waals surface area contributed by atoms with Crippen LogP contribution in [0.15, 0.2) is 24.3 Å². The zero-order valence-corrected chi connectivity index (χ0v) is 7.92. The molecule has 0 fully saturated rings. The van der Waals surface area contributed by atoms with Gasteiger partial charge in [0.25, 0.3) is 0 Å². The number of para-hydroxylation sites is 1. The van der Waals surface area contributed by atoms with Gasteiger partial charge in [-0.3, -0.25) is 0 Å². The molecule has 0 radical (unpaired) electrons. The van der Waals surface area contributed by atoms with E-state index in [0.29, 0.717) is 12.1 Å². The summed E-state index contributed by atoms with van der Waals surface area (Å²) in [5.74, 6) is -0.291. The molecule has 14 heavy (non-hydrogen) atoms. The van der Waals surface area contributed by atoms with Crippen molar-refractivity contribution in [3.8, 4) is 0 Å². The van der Waals surface area contributed by atoms with Crippen LogP contribution in [0.1, 0.15) is 11.3 Å². The van der Waals surface area contributed by atoms with Crippen molar-refractivity contribution in [2.24, 2.45) is 5.73 Å². The van der Waals surface area contributed by atoms with Crippen LogP contribution in [0.3, 0.4) is 0 Å². The lowest BCUT2D eigenvalue weighted by molar-refractivity contribution is 0.636. The monoisotopic (exact) mass is 190 g/mol. The number of hydrogen-bond acceptors (Lipinski definition) is 2. The fourth-order valence-corrected chi connectivity index (χ4v) is 1.56. The normalized spacial score (nSPS) is 10.8. The summed E-state index contributed by atoms with van der Waals surface area (Å²) in [6.45, 7) is 2.27. The molecule has 1 aromatic carbocycles. The summed E-state index contributed by atoms with van der Waals surface area (Å²) < 4.78 is 13.4. The maximum Gasteiger partial charge on any atom is 0.149 e. The Labute approximate surface area is 81.6 Å². The van der Waals surface area contributed by atoms with Gasteiger partial charge in [0, 0.05) is 11.9 Å². The molecule has 1 aromatic heterocycles. The lowest BCUT2D eigenvalue weighted by atomic mass is 10.1. The Hall–Kier alpha value is -1.48. The molecule has 0 aliphatic heterocycles. The van der Waals surface area contributed by atoms with Gasteiger partial charge in [-0.1, -0.05) is 12.1 Å². The molecule has 2 N–H and O–H groups in total. The number of fused-ring (bicyclic) bond motifs is 1. The molecule has 1 heterocycles. The van der Waals surface area contributed by atoms with E-state index >= 15 is 0 Å². The topological polar surface area (TPSA) is 38.9 Å². The predicted molar refractivity (Wildman–Crippen MR) is 54.3 cm³/mol. The number of halogens is 1. The largest absolute Gasteiger partial charge is 0.325 e. The minimum absolute atomic E-state index is 0.291. The van der Waals surface area contributed by atoms with Gasteiger partial charge < -0.3 is 5.73 Å². The fraction of sp³-hybridized carbons (Fsp3) is 0.182. The van der Waals surface area contributed by atoms with E-state index in [-0.39, 0.29) is 5.82 Å². The molecule has 2 aromatic rings. The zero-order chi connectivity index (χ0) is 10.1. The zero-order valence-electron chi connectivity index (χ0n) is 7.92. The Morgan fingerprint density at radius 3 is 2.93 bits per heavy atom. The second-order valence-electron chi connectivity index (χ2n) is 3.27. The van der Waals surface area contributed by atoms with Crippen molar-refractivity contribution in [3.05, 3.63) is 41.3 Å². The van der Waals surface area contributed by atoms with E-state index < -0.39 is 0 Å². The number of pyridine rings is 1. The van der Waals surface area contributed by atoms with Crippen LogP contribution in [0.4, 0.5) is 4.39 Å². The van der Waals surface area contributed by atoms with Crippen LogP contribution in [-0.4, -0.2) is 4.98 Å². The van der Waals surface area contributed by atoms with E-state index in [1.54, 1.807) is 6.07 Å². The molecule has 2 nitrogen and oxygen atoms in total. The van der Waals surface area contributed by atoms with Gasteiger partial charge in [-0.2, -0.15) is 0 Å². The van der Waals surface area contributed by atoms with E-state index in [1.807, 2.05) is 19.1 Å². The van der Waals surface area contributed by atoms with Gasteiger partial charge in [0.15, 0.2) is 0 Å². The molecule has 2 rings (SSSR count). The molecular formula is C11H11FN2. The molecule has 0 spiro atoms. The summed E-state index contributed by atoms with van der Waals surface area (Å²) >= 11 is 0. The maximum atomic E-state index is 13.4. The van der Waals surface area contributed by atoms with Crippen LogP contribution in [0.25, 0.3) is 10.9 Å². The van der Waals surface area contributed by atoms with Crippen LogP contribution in [0.5, 0.6) is 0 Å². The number of hydrogen-bond donors (Lipinski definition) is 1. The highest BCUT2D eigenvalue weighted by molar-refractivity contribution is 5.82. The molecule has 0 saturated heterocycles. The third-order valence-corrected chi connectivity index (χ3v) is 2.26. The molecule has 0 saturated carbocycles. The number of nitrogens with zero attached hydrogens (tertiary/aromatic N) is 1. The molecule has 72 valence electrons. The van der Waals surface area contributed by atoms with E-state index in [9.17, 15) is 4.39 Å². The SMILES string of the molecule is Cc1cc(CN)nc2c(F)cccc12. The fourth-order valence-electron chi connectivity index (χ4n) is 1.56. The maximum absolute atomic E-state index is 13.4. The van der Waals surface area contributed by atoms with E-state index in [4.69, 9.17) is 5.73 Å². The van der Waals surface area contributed by atoms with Crippen LogP contribution in [0.2, 0.25) is 0 Å². The minimum atomic E-state index is -0.291. The summed E-state index contributed by atoms with van der Waals surface area (Å²) in [5.41, 5.74) is 7.62. The molecule has 0 unspecified atom stereocenters. The van der Waals surface area contributed by atoms with Crippen molar-refractivity contribution in [1.29, 1.82) is 0 Å². The first-order chi connectivity index (χ1) is 6.72. The van der Waals surface area contributed by atoms with Gasteiger partial charge in [0.1, 0.15) is 11.3 Å². The average Bonchev–Trinajstić information content (AvgIpc) is 2.19. The summed E-state index contributed by atoms with van der Waals surface area (Å²) in [7, 11) is 0. The highest BCUT2D eigenvalue weighted by Crippen LogP contribution is 2.19. The van der Waals surface area contributed by atoms with Gasteiger partial charge in [-0.15, -0.1) is 0 Å². The number of benzene rings is 1. The first-order valence-electron chi connectivity index (χ1n) is 4.47. The Kier molecular flexibility index (Phi) is 2.17. The summed E-state index contributed by atoms with van der Waals surface area (Å²) in [4.78, 5) is 4.15. The number of rotatable bonds is 1. The molecule has 0 amide bonds. The Bertz CT molecular complexity index is 480. The van der Waals surface area contributed by atoms with Crippen LogP contribution < -0.4 is 5.73 Å². The van der Waals surface area contributed by atoms with Crippen LogP contribution in [-0.2, 0) is 6.54 Å². The third kappa shape index (κ3) is 1.36. The molecule has 0 bridgehead atoms. The summed E-state index contributed by atoms with van der Waals surface area (Å²) in [6.07, 6.45) is 0. The standard InChI is InChI=1S/C11H11FN2/c1-7-5-8(6-13)14-11-9(7)3-2-4-10(11)12/h2-5H,6,13H2,1H3. The van der Waals surface area contributed by atoms with Crippen molar-refractivity contribution in [3.63, 3.8) is 0 Å². The highest BCUT2D eigenvalue weighted by Gasteiger charge is 2.05. The third-order valence-electron chi connectivity index (χ3n) is 2.26. The number of aryl methyl sites for hydroxylation is 1. The highest BCUT2D eigenvalue weighted by atomic mass is 19.1. The minimum Gasteiger partial charge on any atom is -0.325 e. The van der Waals surface area contributed by atoms with Crippen molar-refractivity contribution in [2.75, 3.05) is 0 Å². The lowest BCUT2D eigenvalue weighted by Gasteiger charge is -2.05. The van der Waals surface area contributed by atoms with Gasteiger partial charge in [-0.05, 0) is 24.6 Å². The van der Waals surface area contributed by atoms with E-state index in [2.05, 4.69) is 4.98 Å². The molecule has 0 aliphatic carbocycles. The number of aromatic nitrogens is 1. The van der Waals surface area contributed by atoms with E-state index in [1.165, 1.54) is 6.07 Å². The average molecular weight is 190 g/mol. The summed E-state index contributed by atoms with van der Waals surface area (Å²) in [5, 5.41) is 0.849. The molecule has 0 aliphatic rings. The Morgan fingerprint density at radius 2 is 2.21 bits per heavy atom. The van der Waals surface area contributed by atoms with Crippen LogP contribution in [0, 0.1) is 12.7 Å². The lowest BCUT2D eigenvalue weighted by Crippen LogP contribution is -2.01. The quantitative estimate of drug-likeness (QED) is 0.748. The summed E-state index contributed by atoms with van der Waals surface area (Å²) in [6, 6.07) is 6.85. The van der Waals surface area contributed by atoms with Gasteiger partial charge >= 0.3 is 0 Å². The van der Waals surface area contributed by atoms with Crippen molar-refractivity contribution in [2.45, 2.75) is 13.5 Å². The van der Waals surface area contributed by atoms with E-state index in [0.717, 1.165) is 16.6 Å². The Balaban J connectivity index is 2.83. The van der Waals surface area contributed by atoms with Gasteiger partial charge in [0.05, 0.1) is 5.69 Å². The molecule has 3 heteroatoms. The predicted octanol–water partition coefficient (Wildman–Crippen LogP) is 2.14. The van der Waals surface area contributed by atoms with Crippen molar-refractivity contribution in [1.82, 2.24) is 4.98 Å². The van der Waals surface area contributed by atoms with Crippen LogP contribution >= 0.6 is 0 Å². The number of nitrogens with two attached hydrogens (primary N) is 1. The first kappa shape index (κ1) is 9.09. The van der Waals surface area contributed by atoms with Gasteiger partial charge in [0.2, 0.25) is 0 Å². The molecule has 0 atom stereocenters. The van der Waals surface area contributed by atoms with Crippen molar-refractivity contribution < 1.29 is 4.39 Å². The van der Waals surface area contributed by atoms with Crippen molar-refractivity contribution >= 4 is 10.9 Å². The molecular weight excluding hydrogens is 179 g/mol. The first-order valence-corrected chi connectivity index (χ1v) is 4.47. The smallest absolute Gasteiger partial charge is 0.149 e.